The summed E-state index contributed by atoms with van der Waals surface area (Å²) in [5.74, 6) is 0.858. The van der Waals surface area contributed by atoms with Crippen LogP contribution >= 0.6 is 24.2 Å². The minimum atomic E-state index is -0.200. The molecule has 130 valence electrons. The zero-order valence-electron chi connectivity index (χ0n) is 13.9. The van der Waals surface area contributed by atoms with E-state index in [4.69, 9.17) is 10.5 Å². The van der Waals surface area contributed by atoms with E-state index in [2.05, 4.69) is 13.8 Å². The normalized spacial score (nSPS) is 21.9. The predicted octanol–water partition coefficient (Wildman–Crippen LogP) is 3.03. The molecule has 0 bridgehead atoms. The molecule has 0 fully saturated rings. The summed E-state index contributed by atoms with van der Waals surface area (Å²) in [6, 6.07) is 5.52. The standard InChI is InChI=1S/C17H25NO3S.ClH/c1-4-21-15(20)7-8-22-14-9-11-5-6-12(19)10-13(11)17(2,3)16(14)18;/h5-6,10,14,16,19H,4,7-9,18H2,1-3H3;1H. The Labute approximate surface area is 148 Å². The van der Waals surface area contributed by atoms with Gasteiger partial charge in [0.15, 0.2) is 0 Å². The number of ether oxygens (including phenoxy) is 1. The van der Waals surface area contributed by atoms with E-state index < -0.39 is 0 Å². The van der Waals surface area contributed by atoms with Crippen molar-refractivity contribution in [1.29, 1.82) is 0 Å². The number of carbonyl (C=O) groups is 1. The molecule has 4 nitrogen and oxygen atoms in total. The number of nitrogens with two attached hydrogens (primary N) is 1. The summed E-state index contributed by atoms with van der Waals surface area (Å²) >= 11 is 1.74. The zero-order valence-corrected chi connectivity index (χ0v) is 15.5. The Bertz CT molecular complexity index is 551. The molecule has 1 aromatic rings. The summed E-state index contributed by atoms with van der Waals surface area (Å²) in [4.78, 5) is 11.4. The first kappa shape index (κ1) is 20.1. The lowest BCUT2D eigenvalue weighted by Gasteiger charge is -2.43. The molecule has 1 aromatic carbocycles. The lowest BCUT2D eigenvalue weighted by atomic mass is 9.69. The monoisotopic (exact) mass is 359 g/mol. The third kappa shape index (κ3) is 4.55. The van der Waals surface area contributed by atoms with Gasteiger partial charge in [-0.2, -0.15) is 11.8 Å². The Morgan fingerprint density at radius 1 is 1.48 bits per heavy atom. The number of hydrogen-bond donors (Lipinski definition) is 2. The van der Waals surface area contributed by atoms with E-state index in [1.54, 1.807) is 17.8 Å². The van der Waals surface area contributed by atoms with Crippen LogP contribution < -0.4 is 5.73 Å². The van der Waals surface area contributed by atoms with Crippen LogP contribution in [0.2, 0.25) is 0 Å². The average Bonchev–Trinajstić information content (AvgIpc) is 2.46. The van der Waals surface area contributed by atoms with Gasteiger partial charge in [0.25, 0.3) is 0 Å². The van der Waals surface area contributed by atoms with Crippen LogP contribution in [0.1, 0.15) is 38.3 Å². The van der Waals surface area contributed by atoms with Crippen LogP contribution in [0.15, 0.2) is 18.2 Å². The lowest BCUT2D eigenvalue weighted by Crippen LogP contribution is -2.52. The van der Waals surface area contributed by atoms with Crippen LogP contribution in [-0.4, -0.2) is 34.7 Å². The van der Waals surface area contributed by atoms with Crippen molar-refractivity contribution < 1.29 is 14.6 Å². The fraction of sp³-hybridized carbons (Fsp3) is 0.588. The number of esters is 1. The number of halogens is 1. The summed E-state index contributed by atoms with van der Waals surface area (Å²) < 4.78 is 4.96. The topological polar surface area (TPSA) is 72.5 Å². The number of hydrogen-bond acceptors (Lipinski definition) is 5. The summed E-state index contributed by atoms with van der Waals surface area (Å²) in [5.41, 5.74) is 8.64. The minimum absolute atomic E-state index is 0. The second-order valence-electron chi connectivity index (χ2n) is 6.26. The third-order valence-corrected chi connectivity index (χ3v) is 5.71. The van der Waals surface area contributed by atoms with Gasteiger partial charge in [-0.25, -0.2) is 0 Å². The van der Waals surface area contributed by atoms with Crippen molar-refractivity contribution in [3.05, 3.63) is 29.3 Å². The quantitative estimate of drug-likeness (QED) is 0.790. The Balaban J connectivity index is 0.00000264. The summed E-state index contributed by atoms with van der Waals surface area (Å²) in [6.45, 7) is 6.48. The van der Waals surface area contributed by atoms with Crippen molar-refractivity contribution in [1.82, 2.24) is 0 Å². The Hall–Kier alpha value is -0.910. The zero-order chi connectivity index (χ0) is 16.3. The van der Waals surface area contributed by atoms with Gasteiger partial charge in [-0.1, -0.05) is 19.9 Å². The highest BCUT2D eigenvalue weighted by atomic mass is 35.5. The molecular weight excluding hydrogens is 334 g/mol. The first-order valence-electron chi connectivity index (χ1n) is 7.71. The smallest absolute Gasteiger partial charge is 0.306 e. The van der Waals surface area contributed by atoms with Gasteiger partial charge in [0.1, 0.15) is 5.75 Å². The number of carbonyl (C=O) groups excluding carboxylic acids is 1. The summed E-state index contributed by atoms with van der Waals surface area (Å²) in [7, 11) is 0. The van der Waals surface area contributed by atoms with E-state index in [1.165, 1.54) is 5.56 Å². The highest BCUT2D eigenvalue weighted by molar-refractivity contribution is 8.00. The number of benzene rings is 1. The SMILES string of the molecule is CCOC(=O)CCSC1Cc2ccc(O)cc2C(C)(C)C1N.Cl. The van der Waals surface area contributed by atoms with Crippen molar-refractivity contribution in [2.75, 3.05) is 12.4 Å². The molecule has 0 saturated carbocycles. The molecule has 0 amide bonds. The third-order valence-electron chi connectivity index (χ3n) is 4.39. The molecule has 1 aliphatic rings. The molecule has 1 aliphatic carbocycles. The van der Waals surface area contributed by atoms with Crippen LogP contribution in [0.4, 0.5) is 0 Å². The molecule has 6 heteroatoms. The highest BCUT2D eigenvalue weighted by Gasteiger charge is 2.40. The molecule has 0 heterocycles. The van der Waals surface area contributed by atoms with Crippen molar-refractivity contribution in [3.63, 3.8) is 0 Å². The first-order valence-corrected chi connectivity index (χ1v) is 8.76. The van der Waals surface area contributed by atoms with Gasteiger partial charge < -0.3 is 15.6 Å². The molecule has 3 N–H and O–H groups in total. The van der Waals surface area contributed by atoms with Gasteiger partial charge >= 0.3 is 5.97 Å². The van der Waals surface area contributed by atoms with Crippen molar-refractivity contribution in [2.24, 2.45) is 5.73 Å². The maximum atomic E-state index is 11.4. The molecule has 0 aromatic heterocycles. The maximum absolute atomic E-state index is 11.4. The Kier molecular flexibility index (Phi) is 7.24. The fourth-order valence-electron chi connectivity index (χ4n) is 3.02. The van der Waals surface area contributed by atoms with Crippen LogP contribution in [0.5, 0.6) is 5.75 Å². The van der Waals surface area contributed by atoms with Gasteiger partial charge in [-0.15, -0.1) is 12.4 Å². The van der Waals surface area contributed by atoms with Crippen LogP contribution in [0, 0.1) is 0 Å². The van der Waals surface area contributed by atoms with E-state index >= 15 is 0 Å². The summed E-state index contributed by atoms with van der Waals surface area (Å²) in [5, 5.41) is 9.99. The van der Waals surface area contributed by atoms with Gasteiger partial charge in [-0.05, 0) is 36.6 Å². The lowest BCUT2D eigenvalue weighted by molar-refractivity contribution is -0.142. The van der Waals surface area contributed by atoms with Crippen LogP contribution in [-0.2, 0) is 21.4 Å². The number of fused-ring (bicyclic) bond motifs is 1. The van der Waals surface area contributed by atoms with Crippen molar-refractivity contribution in [3.8, 4) is 5.75 Å². The van der Waals surface area contributed by atoms with E-state index in [0.29, 0.717) is 13.0 Å². The number of phenolic OH excluding ortho intramolecular Hbond substituents is 1. The van der Waals surface area contributed by atoms with E-state index in [-0.39, 0.29) is 40.8 Å². The fourth-order valence-corrected chi connectivity index (χ4v) is 4.45. The molecule has 2 atom stereocenters. The number of aromatic hydroxyl groups is 1. The Morgan fingerprint density at radius 2 is 2.17 bits per heavy atom. The largest absolute Gasteiger partial charge is 0.508 e. The number of rotatable bonds is 5. The Morgan fingerprint density at radius 3 is 2.83 bits per heavy atom. The number of phenols is 1. The van der Waals surface area contributed by atoms with Gasteiger partial charge in [0.05, 0.1) is 13.0 Å². The molecule has 2 unspecified atom stereocenters. The summed E-state index contributed by atoms with van der Waals surface area (Å²) in [6.07, 6.45) is 1.29. The van der Waals surface area contributed by atoms with Crippen molar-refractivity contribution in [2.45, 2.75) is 50.3 Å². The predicted molar refractivity (Wildman–Crippen MR) is 97.6 cm³/mol. The van der Waals surface area contributed by atoms with Gasteiger partial charge in [0, 0.05) is 22.5 Å². The second kappa shape index (κ2) is 8.27. The maximum Gasteiger partial charge on any atom is 0.306 e. The molecular formula is C17H26ClNO3S. The average molecular weight is 360 g/mol. The minimum Gasteiger partial charge on any atom is -0.508 e. The molecule has 0 spiro atoms. The molecule has 23 heavy (non-hydrogen) atoms. The van der Waals surface area contributed by atoms with Crippen LogP contribution in [0.25, 0.3) is 0 Å². The van der Waals surface area contributed by atoms with E-state index in [0.717, 1.165) is 17.7 Å². The van der Waals surface area contributed by atoms with E-state index in [9.17, 15) is 9.90 Å². The van der Waals surface area contributed by atoms with Crippen LogP contribution in [0.3, 0.4) is 0 Å². The van der Waals surface area contributed by atoms with E-state index in [1.807, 2.05) is 19.1 Å². The molecule has 0 saturated heterocycles. The van der Waals surface area contributed by atoms with Crippen molar-refractivity contribution >= 4 is 30.1 Å². The van der Waals surface area contributed by atoms with Gasteiger partial charge in [0.2, 0.25) is 0 Å². The molecule has 0 radical (unpaired) electrons. The molecule has 0 aliphatic heterocycles. The second-order valence-corrected chi connectivity index (χ2v) is 7.60. The number of thioether (sulfide) groups is 1. The molecule has 2 rings (SSSR count). The van der Waals surface area contributed by atoms with Gasteiger partial charge in [-0.3, -0.25) is 4.79 Å². The first-order chi connectivity index (χ1) is 10.4. The highest BCUT2D eigenvalue weighted by Crippen LogP contribution is 2.41.